The van der Waals surface area contributed by atoms with Crippen LogP contribution in [0.15, 0.2) is 12.1 Å². The zero-order valence-corrected chi connectivity index (χ0v) is 9.83. The van der Waals surface area contributed by atoms with Gasteiger partial charge in [-0.25, -0.2) is 0 Å². The summed E-state index contributed by atoms with van der Waals surface area (Å²) in [6.45, 7) is 6.65. The summed E-state index contributed by atoms with van der Waals surface area (Å²) in [5, 5.41) is 0. The van der Waals surface area contributed by atoms with Gasteiger partial charge in [0.05, 0.1) is 11.4 Å². The van der Waals surface area contributed by atoms with E-state index in [1.54, 1.807) is 0 Å². The molecule has 2 rings (SSSR count). The van der Waals surface area contributed by atoms with Crippen molar-refractivity contribution in [2.75, 3.05) is 23.4 Å². The lowest BCUT2D eigenvalue weighted by molar-refractivity contribution is 0.455. The van der Waals surface area contributed by atoms with Crippen molar-refractivity contribution >= 4 is 17.1 Å². The summed E-state index contributed by atoms with van der Waals surface area (Å²) in [7, 11) is 2.11. The molecule has 0 saturated carbocycles. The van der Waals surface area contributed by atoms with Gasteiger partial charge in [-0.05, 0) is 19.1 Å². The molecular weight excluding hydrogens is 186 g/mol. The molecule has 4 N–H and O–H groups in total. The van der Waals surface area contributed by atoms with Crippen LogP contribution >= 0.6 is 0 Å². The van der Waals surface area contributed by atoms with Gasteiger partial charge in [0.15, 0.2) is 0 Å². The maximum absolute atomic E-state index is 6.08. The second-order valence-electron chi connectivity index (χ2n) is 4.97. The van der Waals surface area contributed by atoms with Gasteiger partial charge in [0.1, 0.15) is 0 Å². The first-order chi connectivity index (χ1) is 6.87. The number of nitrogens with zero attached hydrogens (tertiary/aromatic N) is 1. The highest BCUT2D eigenvalue weighted by Crippen LogP contribution is 2.48. The molecule has 0 radical (unpaired) electrons. The van der Waals surface area contributed by atoms with E-state index in [1.807, 2.05) is 6.07 Å². The van der Waals surface area contributed by atoms with Crippen molar-refractivity contribution in [2.45, 2.75) is 32.2 Å². The first-order valence-electron chi connectivity index (χ1n) is 5.28. The predicted molar refractivity (Wildman–Crippen MR) is 66.2 cm³/mol. The fourth-order valence-electron chi connectivity index (χ4n) is 2.50. The minimum absolute atomic E-state index is 0.0591. The first-order valence-corrected chi connectivity index (χ1v) is 5.28. The van der Waals surface area contributed by atoms with E-state index < -0.39 is 0 Å². The quantitative estimate of drug-likeness (QED) is 0.637. The monoisotopic (exact) mass is 205 g/mol. The number of anilines is 3. The number of nitrogens with two attached hydrogens (primary N) is 2. The second-order valence-corrected chi connectivity index (χ2v) is 4.97. The van der Waals surface area contributed by atoms with Crippen LogP contribution in [0.1, 0.15) is 26.3 Å². The van der Waals surface area contributed by atoms with Gasteiger partial charge < -0.3 is 16.4 Å². The Morgan fingerprint density at radius 3 is 2.47 bits per heavy atom. The minimum atomic E-state index is 0.0591. The largest absolute Gasteiger partial charge is 0.397 e. The maximum Gasteiger partial charge on any atom is 0.0607 e. The van der Waals surface area contributed by atoms with E-state index in [-0.39, 0.29) is 5.41 Å². The van der Waals surface area contributed by atoms with Gasteiger partial charge in [-0.3, -0.25) is 0 Å². The van der Waals surface area contributed by atoms with Gasteiger partial charge in [0.2, 0.25) is 0 Å². The summed E-state index contributed by atoms with van der Waals surface area (Å²) in [6, 6.07) is 4.39. The van der Waals surface area contributed by atoms with Crippen LogP contribution in [0.4, 0.5) is 17.1 Å². The molecule has 3 nitrogen and oxygen atoms in total. The summed E-state index contributed by atoms with van der Waals surface area (Å²) < 4.78 is 0. The van der Waals surface area contributed by atoms with Crippen LogP contribution in [0.5, 0.6) is 0 Å². The molecule has 1 unspecified atom stereocenters. The Bertz CT molecular complexity index is 410. The molecule has 3 heteroatoms. The van der Waals surface area contributed by atoms with Gasteiger partial charge in [-0.2, -0.15) is 0 Å². The molecule has 0 spiro atoms. The third-order valence-corrected chi connectivity index (χ3v) is 3.91. The van der Waals surface area contributed by atoms with E-state index in [1.165, 1.54) is 11.3 Å². The Kier molecular flexibility index (Phi) is 1.90. The van der Waals surface area contributed by atoms with Crippen LogP contribution in [-0.2, 0) is 5.41 Å². The van der Waals surface area contributed by atoms with E-state index in [2.05, 4.69) is 38.8 Å². The molecule has 0 saturated heterocycles. The lowest BCUT2D eigenvalue weighted by atomic mass is 9.80. The Balaban J connectivity index is 2.73. The fraction of sp³-hybridized carbons (Fsp3) is 0.500. The van der Waals surface area contributed by atoms with E-state index in [0.717, 1.165) is 5.69 Å². The van der Waals surface area contributed by atoms with Crippen molar-refractivity contribution < 1.29 is 0 Å². The van der Waals surface area contributed by atoms with Crippen LogP contribution in [0.3, 0.4) is 0 Å². The molecule has 1 aliphatic rings. The Morgan fingerprint density at radius 2 is 1.87 bits per heavy atom. The highest BCUT2D eigenvalue weighted by molar-refractivity contribution is 5.80. The summed E-state index contributed by atoms with van der Waals surface area (Å²) in [4.78, 5) is 2.27. The van der Waals surface area contributed by atoms with Gasteiger partial charge in [0, 0.05) is 29.8 Å². The zero-order chi connectivity index (χ0) is 11.4. The molecule has 0 aliphatic carbocycles. The smallest absolute Gasteiger partial charge is 0.0607 e. The average molecular weight is 205 g/mol. The predicted octanol–water partition coefficient (Wildman–Crippen LogP) is 1.97. The van der Waals surface area contributed by atoms with Gasteiger partial charge in [-0.1, -0.05) is 13.8 Å². The third-order valence-electron chi connectivity index (χ3n) is 3.91. The number of rotatable bonds is 0. The molecule has 1 aromatic carbocycles. The number of benzene rings is 1. The summed E-state index contributed by atoms with van der Waals surface area (Å²) >= 11 is 0. The van der Waals surface area contributed by atoms with Crippen molar-refractivity contribution in [3.8, 4) is 0 Å². The molecule has 1 heterocycles. The number of nitrogen functional groups attached to an aromatic ring is 2. The van der Waals surface area contributed by atoms with Crippen molar-refractivity contribution in [2.24, 2.45) is 0 Å². The van der Waals surface area contributed by atoms with E-state index >= 15 is 0 Å². The SMILES string of the molecule is CC1N(C)c2ccc(N)c(N)c2C1(C)C. The number of likely N-dealkylation sites (N-methyl/N-ethyl adjacent to an activating group) is 1. The Labute approximate surface area is 91.1 Å². The van der Waals surface area contributed by atoms with Gasteiger partial charge in [-0.15, -0.1) is 0 Å². The Hall–Kier alpha value is -1.38. The van der Waals surface area contributed by atoms with E-state index in [4.69, 9.17) is 11.5 Å². The standard InChI is InChI=1S/C12H19N3/c1-7-12(2,3)10-9(15(7)4)6-5-8(13)11(10)14/h5-7H,13-14H2,1-4H3. The molecule has 1 aliphatic heterocycles. The number of fused-ring (bicyclic) bond motifs is 1. The fourth-order valence-corrected chi connectivity index (χ4v) is 2.50. The normalized spacial score (nSPS) is 22.9. The van der Waals surface area contributed by atoms with Crippen molar-refractivity contribution in [1.29, 1.82) is 0 Å². The minimum Gasteiger partial charge on any atom is -0.397 e. The van der Waals surface area contributed by atoms with Gasteiger partial charge >= 0.3 is 0 Å². The summed E-state index contributed by atoms with van der Waals surface area (Å²) in [5.41, 5.74) is 15.8. The third kappa shape index (κ3) is 1.12. The molecule has 0 bridgehead atoms. The van der Waals surface area contributed by atoms with Gasteiger partial charge in [0.25, 0.3) is 0 Å². The highest BCUT2D eigenvalue weighted by Gasteiger charge is 2.41. The topological polar surface area (TPSA) is 55.3 Å². The summed E-state index contributed by atoms with van der Waals surface area (Å²) in [6.07, 6.45) is 0. The van der Waals surface area contributed by atoms with Crippen LogP contribution in [0.25, 0.3) is 0 Å². The molecular formula is C12H19N3. The van der Waals surface area contributed by atoms with Crippen LogP contribution < -0.4 is 16.4 Å². The van der Waals surface area contributed by atoms with Crippen LogP contribution in [0, 0.1) is 0 Å². The molecule has 15 heavy (non-hydrogen) atoms. The second kappa shape index (κ2) is 2.81. The Morgan fingerprint density at radius 1 is 1.27 bits per heavy atom. The molecule has 1 aromatic rings. The molecule has 82 valence electrons. The maximum atomic E-state index is 6.08. The molecule has 0 amide bonds. The van der Waals surface area contributed by atoms with Crippen molar-refractivity contribution in [3.63, 3.8) is 0 Å². The first kappa shape index (κ1) is 10.1. The lowest BCUT2D eigenvalue weighted by Gasteiger charge is -2.28. The molecule has 1 atom stereocenters. The van der Waals surface area contributed by atoms with Crippen molar-refractivity contribution in [3.05, 3.63) is 17.7 Å². The van der Waals surface area contributed by atoms with E-state index in [0.29, 0.717) is 11.7 Å². The van der Waals surface area contributed by atoms with Crippen LogP contribution in [-0.4, -0.2) is 13.1 Å². The molecule has 0 aromatic heterocycles. The van der Waals surface area contributed by atoms with E-state index in [9.17, 15) is 0 Å². The lowest BCUT2D eigenvalue weighted by Crippen LogP contribution is -2.36. The number of hydrogen-bond acceptors (Lipinski definition) is 3. The average Bonchev–Trinajstić information content (AvgIpc) is 2.34. The van der Waals surface area contributed by atoms with Crippen LogP contribution in [0.2, 0.25) is 0 Å². The van der Waals surface area contributed by atoms with Crippen molar-refractivity contribution in [1.82, 2.24) is 0 Å². The number of hydrogen-bond donors (Lipinski definition) is 2. The molecule has 0 fully saturated rings. The highest BCUT2D eigenvalue weighted by atomic mass is 15.2. The summed E-state index contributed by atoms with van der Waals surface area (Å²) in [5.74, 6) is 0. The zero-order valence-electron chi connectivity index (χ0n) is 9.83.